The number of fused-ring (bicyclic) bond motifs is 10. The first-order chi connectivity index (χ1) is 28.3. The van der Waals surface area contributed by atoms with Crippen molar-refractivity contribution in [2.24, 2.45) is 0 Å². The Bertz CT molecular complexity index is 3450. The SMILES string of the molecule is c1ccc(-c2cc(-c3ccccc3)nc(-c3cccc4oc5ccc(-n6c7ccccc7c7c8c9ccccc9n(-c9ccccc9)c8ccc76)cc5c34)n2)cc1. The second-order valence-electron chi connectivity index (χ2n) is 14.5. The van der Waals surface area contributed by atoms with Gasteiger partial charge in [-0.2, -0.15) is 0 Å². The van der Waals surface area contributed by atoms with Crippen LogP contribution >= 0.6 is 0 Å². The summed E-state index contributed by atoms with van der Waals surface area (Å²) in [6, 6.07) is 68.2. The fraction of sp³-hybridized carbons (Fsp3) is 0. The van der Waals surface area contributed by atoms with Gasteiger partial charge in [0.2, 0.25) is 0 Å². The summed E-state index contributed by atoms with van der Waals surface area (Å²) in [7, 11) is 0. The Morgan fingerprint density at radius 3 is 1.51 bits per heavy atom. The van der Waals surface area contributed by atoms with Gasteiger partial charge in [0.15, 0.2) is 5.82 Å². The molecule has 0 aliphatic rings. The molecule has 0 fully saturated rings. The molecule has 0 radical (unpaired) electrons. The third-order valence-corrected chi connectivity index (χ3v) is 11.3. The van der Waals surface area contributed by atoms with Gasteiger partial charge in [0.05, 0.1) is 33.5 Å². The molecular weight excluding hydrogens is 697 g/mol. The molecule has 0 atom stereocenters. The molecule has 0 N–H and O–H groups in total. The van der Waals surface area contributed by atoms with Crippen molar-refractivity contribution in [3.8, 4) is 45.3 Å². The van der Waals surface area contributed by atoms with Crippen molar-refractivity contribution < 1.29 is 4.42 Å². The molecule has 12 aromatic rings. The molecule has 0 unspecified atom stereocenters. The predicted octanol–water partition coefficient (Wildman–Crippen LogP) is 13.6. The molecule has 0 aliphatic carbocycles. The lowest BCUT2D eigenvalue weighted by molar-refractivity contribution is 0.669. The van der Waals surface area contributed by atoms with Gasteiger partial charge in [0, 0.05) is 60.4 Å². The molecule has 0 saturated carbocycles. The first kappa shape index (κ1) is 31.6. The van der Waals surface area contributed by atoms with Crippen LogP contribution in [0.5, 0.6) is 0 Å². The van der Waals surface area contributed by atoms with E-state index < -0.39 is 0 Å². The van der Waals surface area contributed by atoms with Crippen LogP contribution in [0.15, 0.2) is 199 Å². The molecule has 12 rings (SSSR count). The highest BCUT2D eigenvalue weighted by atomic mass is 16.3. The standard InChI is InChI=1S/C52H32N4O/c1-4-15-33(16-5-1)41-32-42(34-17-6-2-7-18-34)54-52(53-41)39-23-14-26-48-49(39)40-31-36(27-30-47(40)57-48)56-44-25-13-11-22-38(44)51-46(56)29-28-45-50(51)37-21-10-12-24-43(37)55(45)35-19-8-3-9-20-35/h1-32H. The molecule has 0 amide bonds. The monoisotopic (exact) mass is 728 g/mol. The van der Waals surface area contributed by atoms with E-state index in [-0.39, 0.29) is 0 Å². The van der Waals surface area contributed by atoms with E-state index in [1.165, 1.54) is 32.6 Å². The van der Waals surface area contributed by atoms with Crippen molar-refractivity contribution in [3.05, 3.63) is 194 Å². The smallest absolute Gasteiger partial charge is 0.161 e. The zero-order valence-electron chi connectivity index (χ0n) is 30.7. The zero-order chi connectivity index (χ0) is 37.5. The van der Waals surface area contributed by atoms with Crippen LogP contribution in [0, 0.1) is 0 Å². The van der Waals surface area contributed by atoms with Crippen molar-refractivity contribution in [1.82, 2.24) is 19.1 Å². The molecule has 8 aromatic carbocycles. The molecule has 57 heavy (non-hydrogen) atoms. The topological polar surface area (TPSA) is 48.8 Å². The number of aromatic nitrogens is 4. The van der Waals surface area contributed by atoms with Gasteiger partial charge in [-0.3, -0.25) is 0 Å². The fourth-order valence-corrected chi connectivity index (χ4v) is 8.87. The lowest BCUT2D eigenvalue weighted by Gasteiger charge is -2.11. The van der Waals surface area contributed by atoms with E-state index >= 15 is 0 Å². The van der Waals surface area contributed by atoms with Crippen molar-refractivity contribution >= 4 is 65.6 Å². The number of furan rings is 1. The van der Waals surface area contributed by atoms with Crippen LogP contribution in [0.4, 0.5) is 0 Å². The summed E-state index contributed by atoms with van der Waals surface area (Å²) in [5, 5.41) is 6.95. The maximum Gasteiger partial charge on any atom is 0.161 e. The van der Waals surface area contributed by atoms with E-state index in [4.69, 9.17) is 14.4 Å². The first-order valence-electron chi connectivity index (χ1n) is 19.3. The van der Waals surface area contributed by atoms with Crippen molar-refractivity contribution in [2.45, 2.75) is 0 Å². The lowest BCUT2D eigenvalue weighted by Crippen LogP contribution is -1.96. The third-order valence-electron chi connectivity index (χ3n) is 11.3. The van der Waals surface area contributed by atoms with E-state index in [1.807, 2.05) is 48.5 Å². The average molecular weight is 729 g/mol. The average Bonchev–Trinajstić information content (AvgIpc) is 3.94. The minimum absolute atomic E-state index is 0.656. The van der Waals surface area contributed by atoms with Gasteiger partial charge in [-0.15, -0.1) is 0 Å². The van der Waals surface area contributed by atoms with Crippen LogP contribution in [0.2, 0.25) is 0 Å². The van der Waals surface area contributed by atoms with Gasteiger partial charge in [-0.25, -0.2) is 9.97 Å². The first-order valence-corrected chi connectivity index (χ1v) is 19.3. The maximum absolute atomic E-state index is 6.57. The van der Waals surface area contributed by atoms with Crippen LogP contribution in [0.25, 0.3) is 111 Å². The van der Waals surface area contributed by atoms with E-state index in [0.717, 1.165) is 72.4 Å². The van der Waals surface area contributed by atoms with Gasteiger partial charge in [0.1, 0.15) is 11.2 Å². The Morgan fingerprint density at radius 1 is 0.351 bits per heavy atom. The van der Waals surface area contributed by atoms with E-state index in [0.29, 0.717) is 5.82 Å². The number of rotatable bonds is 5. The zero-order valence-corrected chi connectivity index (χ0v) is 30.7. The Labute approximate surface area is 327 Å². The van der Waals surface area contributed by atoms with Crippen LogP contribution < -0.4 is 0 Å². The maximum atomic E-state index is 6.57. The van der Waals surface area contributed by atoms with Gasteiger partial charge < -0.3 is 13.6 Å². The molecule has 266 valence electrons. The number of hydrogen-bond acceptors (Lipinski definition) is 3. The molecule has 0 aliphatic heterocycles. The predicted molar refractivity (Wildman–Crippen MR) is 234 cm³/mol. The summed E-state index contributed by atoms with van der Waals surface area (Å²) in [6.07, 6.45) is 0. The van der Waals surface area contributed by atoms with Crippen molar-refractivity contribution in [2.75, 3.05) is 0 Å². The molecule has 0 spiro atoms. The van der Waals surface area contributed by atoms with Crippen molar-refractivity contribution in [3.63, 3.8) is 0 Å². The van der Waals surface area contributed by atoms with Crippen molar-refractivity contribution in [1.29, 1.82) is 0 Å². The number of para-hydroxylation sites is 3. The summed E-state index contributed by atoms with van der Waals surface area (Å²) in [5.74, 6) is 0.656. The van der Waals surface area contributed by atoms with E-state index in [2.05, 4.69) is 155 Å². The highest BCUT2D eigenvalue weighted by Gasteiger charge is 2.22. The molecule has 4 aromatic heterocycles. The molecule has 0 saturated heterocycles. The highest BCUT2D eigenvalue weighted by molar-refractivity contribution is 6.29. The molecule has 5 nitrogen and oxygen atoms in total. The van der Waals surface area contributed by atoms with E-state index in [9.17, 15) is 0 Å². The summed E-state index contributed by atoms with van der Waals surface area (Å²) in [5.41, 5.74) is 13.2. The largest absolute Gasteiger partial charge is 0.456 e. The molecule has 0 bridgehead atoms. The second-order valence-corrected chi connectivity index (χ2v) is 14.5. The minimum atomic E-state index is 0.656. The van der Waals surface area contributed by atoms with Crippen LogP contribution in [-0.4, -0.2) is 19.1 Å². The summed E-state index contributed by atoms with van der Waals surface area (Å²) in [6.45, 7) is 0. The summed E-state index contributed by atoms with van der Waals surface area (Å²) < 4.78 is 11.4. The Hall–Kier alpha value is -7.76. The van der Waals surface area contributed by atoms with Gasteiger partial charge in [-0.1, -0.05) is 127 Å². The number of hydrogen-bond donors (Lipinski definition) is 0. The van der Waals surface area contributed by atoms with Gasteiger partial charge in [0.25, 0.3) is 0 Å². The quantitative estimate of drug-likeness (QED) is 0.177. The Balaban J connectivity index is 1.11. The second kappa shape index (κ2) is 12.4. The summed E-state index contributed by atoms with van der Waals surface area (Å²) in [4.78, 5) is 10.4. The van der Waals surface area contributed by atoms with Crippen LogP contribution in [0.3, 0.4) is 0 Å². The van der Waals surface area contributed by atoms with E-state index in [1.54, 1.807) is 0 Å². The highest BCUT2D eigenvalue weighted by Crippen LogP contribution is 2.44. The van der Waals surface area contributed by atoms with Crippen LogP contribution in [0.1, 0.15) is 0 Å². The Morgan fingerprint density at radius 2 is 0.895 bits per heavy atom. The van der Waals surface area contributed by atoms with Gasteiger partial charge >= 0.3 is 0 Å². The lowest BCUT2D eigenvalue weighted by atomic mass is 10.0. The van der Waals surface area contributed by atoms with Gasteiger partial charge in [-0.05, 0) is 66.7 Å². The Kier molecular flexibility index (Phi) is 6.86. The number of benzene rings is 8. The normalized spacial score (nSPS) is 11.9. The van der Waals surface area contributed by atoms with Crippen LogP contribution in [-0.2, 0) is 0 Å². The third kappa shape index (κ3) is 4.82. The minimum Gasteiger partial charge on any atom is -0.456 e. The molecule has 4 heterocycles. The molecule has 5 heteroatoms. The number of nitrogens with zero attached hydrogens (tertiary/aromatic N) is 4. The summed E-state index contributed by atoms with van der Waals surface area (Å²) >= 11 is 0. The fourth-order valence-electron chi connectivity index (χ4n) is 8.87. The molecular formula is C52H32N4O.